The molecule has 0 bridgehead atoms. The van der Waals surface area contributed by atoms with Crippen LogP contribution < -0.4 is 15.0 Å². The molecule has 47 heavy (non-hydrogen) atoms. The van der Waals surface area contributed by atoms with Crippen LogP contribution in [0.25, 0.3) is 0 Å². The molecule has 2 heterocycles. The topological polar surface area (TPSA) is 135 Å². The Morgan fingerprint density at radius 2 is 1.77 bits per heavy atom. The Balaban J connectivity index is 1.56. The lowest BCUT2D eigenvalue weighted by Gasteiger charge is -2.47. The number of nitrogens with zero attached hydrogens (tertiary/aromatic N) is 3. The van der Waals surface area contributed by atoms with Gasteiger partial charge >= 0.3 is 12.1 Å². The van der Waals surface area contributed by atoms with E-state index in [0.717, 1.165) is 12.0 Å². The van der Waals surface area contributed by atoms with Crippen molar-refractivity contribution in [3.63, 3.8) is 0 Å². The maximum atomic E-state index is 14.4. The summed E-state index contributed by atoms with van der Waals surface area (Å²) < 4.78 is 17.4. The number of anilines is 1. The number of esters is 1. The second-order valence-corrected chi connectivity index (χ2v) is 13.9. The number of fused-ring (bicyclic) bond motifs is 1. The Morgan fingerprint density at radius 3 is 2.34 bits per heavy atom. The molecule has 4 rings (SSSR count). The van der Waals surface area contributed by atoms with Crippen molar-refractivity contribution in [1.29, 1.82) is 0 Å². The van der Waals surface area contributed by atoms with Crippen LogP contribution in [0.2, 0.25) is 0 Å². The van der Waals surface area contributed by atoms with Gasteiger partial charge < -0.3 is 34.2 Å². The first-order valence-electron chi connectivity index (χ1n) is 17.1. The molecule has 2 fully saturated rings. The molecule has 0 radical (unpaired) electrons. The van der Waals surface area contributed by atoms with Gasteiger partial charge in [0.2, 0.25) is 5.91 Å². The lowest BCUT2D eigenvalue weighted by molar-refractivity contribution is -0.180. The van der Waals surface area contributed by atoms with Crippen molar-refractivity contribution in [2.75, 3.05) is 31.1 Å². The first-order valence-corrected chi connectivity index (χ1v) is 17.1. The summed E-state index contributed by atoms with van der Waals surface area (Å²) in [5.74, 6) is -0.930. The van der Waals surface area contributed by atoms with E-state index in [9.17, 15) is 24.0 Å². The summed E-state index contributed by atoms with van der Waals surface area (Å²) >= 11 is 0. The van der Waals surface area contributed by atoms with E-state index in [1.165, 1.54) is 0 Å². The largest absolute Gasteiger partial charge is 0.475 e. The summed E-state index contributed by atoms with van der Waals surface area (Å²) in [5, 5.41) is 2.85. The van der Waals surface area contributed by atoms with Crippen LogP contribution in [0.15, 0.2) is 12.1 Å². The first-order chi connectivity index (χ1) is 22.2. The van der Waals surface area contributed by atoms with Gasteiger partial charge in [0.05, 0.1) is 17.6 Å². The molecule has 12 heteroatoms. The summed E-state index contributed by atoms with van der Waals surface area (Å²) in [7, 11) is 0. The van der Waals surface area contributed by atoms with E-state index in [4.69, 9.17) is 14.2 Å². The number of carbonyl (C=O) groups is 5. The van der Waals surface area contributed by atoms with Crippen molar-refractivity contribution < 1.29 is 38.2 Å². The van der Waals surface area contributed by atoms with Gasteiger partial charge in [-0.3, -0.25) is 19.2 Å². The monoisotopic (exact) mass is 656 g/mol. The maximum absolute atomic E-state index is 14.4. The van der Waals surface area contributed by atoms with Gasteiger partial charge in [-0.25, -0.2) is 4.79 Å². The Hall–Kier alpha value is -3.83. The fourth-order valence-electron chi connectivity index (χ4n) is 6.30. The van der Waals surface area contributed by atoms with Crippen molar-refractivity contribution in [2.24, 2.45) is 11.8 Å². The summed E-state index contributed by atoms with van der Waals surface area (Å²) in [6.45, 7) is 15.9. The zero-order valence-corrected chi connectivity index (χ0v) is 29.2. The van der Waals surface area contributed by atoms with Crippen LogP contribution >= 0.6 is 0 Å². The molecule has 1 aromatic carbocycles. The summed E-state index contributed by atoms with van der Waals surface area (Å²) in [4.78, 5) is 70.6. The lowest BCUT2D eigenvalue weighted by Crippen LogP contribution is -2.61. The van der Waals surface area contributed by atoms with Gasteiger partial charge in [0.1, 0.15) is 5.75 Å². The van der Waals surface area contributed by atoms with Crippen LogP contribution in [0.3, 0.4) is 0 Å². The van der Waals surface area contributed by atoms with E-state index in [1.54, 1.807) is 41.5 Å². The highest BCUT2D eigenvalue weighted by molar-refractivity contribution is 6.05. The van der Waals surface area contributed by atoms with Gasteiger partial charge in [-0.05, 0) is 70.6 Å². The molecule has 2 aliphatic heterocycles. The van der Waals surface area contributed by atoms with Crippen LogP contribution in [0.5, 0.6) is 5.75 Å². The highest BCUT2D eigenvalue weighted by atomic mass is 16.7. The molecule has 1 aliphatic carbocycles. The van der Waals surface area contributed by atoms with Crippen LogP contribution in [0.4, 0.5) is 10.5 Å². The Morgan fingerprint density at radius 1 is 1.06 bits per heavy atom. The molecule has 4 amide bonds. The van der Waals surface area contributed by atoms with Crippen molar-refractivity contribution in [3.8, 4) is 5.75 Å². The Kier molecular flexibility index (Phi) is 11.4. The third kappa shape index (κ3) is 7.84. The lowest BCUT2D eigenvalue weighted by atomic mass is 9.77. The minimum atomic E-state index is -1.01. The molecule has 1 aromatic rings. The first kappa shape index (κ1) is 36.0. The third-order valence-electron chi connectivity index (χ3n) is 9.21. The smallest absolute Gasteiger partial charge is 0.412 e. The number of rotatable bonds is 11. The zero-order valence-electron chi connectivity index (χ0n) is 29.2. The third-order valence-corrected chi connectivity index (χ3v) is 9.21. The molecule has 12 nitrogen and oxygen atoms in total. The van der Waals surface area contributed by atoms with Crippen LogP contribution in [-0.4, -0.2) is 89.7 Å². The average Bonchev–Trinajstić information content (AvgIpc) is 3.00. The second-order valence-electron chi connectivity index (χ2n) is 13.9. The zero-order chi connectivity index (χ0) is 34.6. The van der Waals surface area contributed by atoms with E-state index in [2.05, 4.69) is 5.32 Å². The van der Waals surface area contributed by atoms with E-state index in [0.29, 0.717) is 55.6 Å². The predicted octanol–water partition coefficient (Wildman–Crippen LogP) is 4.80. The van der Waals surface area contributed by atoms with Crippen LogP contribution in [-0.2, 0) is 23.9 Å². The highest BCUT2D eigenvalue weighted by Crippen LogP contribution is 2.47. The number of nitrogens with one attached hydrogen (secondary N) is 1. The SMILES string of the molecule is CCC(=O)NCCN1C(=O)C2(CCC2)Oc2cc(C)c(C(=O)N(C(C)C)[C@@H]3CCCN(C(=O)OC(OC(=O)C(C)C)C(C)C)C3)cc21. The normalized spacial score (nSPS) is 19.2. The molecule has 1 spiro atoms. The molecule has 260 valence electrons. The van der Waals surface area contributed by atoms with Crippen molar-refractivity contribution in [2.45, 2.75) is 118 Å². The minimum Gasteiger partial charge on any atom is -0.475 e. The van der Waals surface area contributed by atoms with Crippen LogP contribution in [0, 0.1) is 18.8 Å². The van der Waals surface area contributed by atoms with Crippen molar-refractivity contribution >= 4 is 35.5 Å². The molecule has 2 atom stereocenters. The maximum Gasteiger partial charge on any atom is 0.412 e. The number of ether oxygens (including phenoxy) is 3. The van der Waals surface area contributed by atoms with Gasteiger partial charge in [0.15, 0.2) is 5.60 Å². The summed E-state index contributed by atoms with van der Waals surface area (Å²) in [5.41, 5.74) is 0.786. The number of amides is 4. The second kappa shape index (κ2) is 14.9. The van der Waals surface area contributed by atoms with E-state index >= 15 is 0 Å². The van der Waals surface area contributed by atoms with E-state index in [-0.39, 0.29) is 61.3 Å². The van der Waals surface area contributed by atoms with E-state index < -0.39 is 24.0 Å². The number of likely N-dealkylation sites (tertiary alicyclic amines) is 1. The number of carbonyl (C=O) groups excluding carboxylic acids is 5. The average molecular weight is 657 g/mol. The summed E-state index contributed by atoms with van der Waals surface area (Å²) in [6.07, 6.45) is 2.26. The van der Waals surface area contributed by atoms with Gasteiger partial charge in [-0.2, -0.15) is 0 Å². The highest BCUT2D eigenvalue weighted by Gasteiger charge is 2.52. The fraction of sp³-hybridized carbons (Fsp3) is 0.686. The number of benzene rings is 1. The molecular formula is C35H52N4O8. The summed E-state index contributed by atoms with van der Waals surface area (Å²) in [6, 6.07) is 3.09. The van der Waals surface area contributed by atoms with Crippen molar-refractivity contribution in [3.05, 3.63) is 23.3 Å². The molecule has 1 saturated heterocycles. The van der Waals surface area contributed by atoms with Crippen molar-refractivity contribution in [1.82, 2.24) is 15.1 Å². The number of aryl methyl sites for hydroxylation is 1. The molecule has 1 N–H and O–H groups in total. The molecule has 3 aliphatic rings. The van der Waals surface area contributed by atoms with Gasteiger partial charge in [-0.1, -0.05) is 34.6 Å². The van der Waals surface area contributed by atoms with E-state index in [1.807, 2.05) is 40.7 Å². The molecule has 0 aromatic heterocycles. The molecule has 1 saturated carbocycles. The Bertz CT molecular complexity index is 1360. The number of hydrogen-bond acceptors (Lipinski definition) is 8. The number of piperidine rings is 1. The fourth-order valence-corrected chi connectivity index (χ4v) is 6.30. The minimum absolute atomic E-state index is 0.0988. The van der Waals surface area contributed by atoms with Gasteiger partial charge in [0, 0.05) is 50.1 Å². The van der Waals surface area contributed by atoms with Gasteiger partial charge in [0.25, 0.3) is 18.1 Å². The molecular weight excluding hydrogens is 604 g/mol. The molecule has 1 unspecified atom stereocenters. The van der Waals surface area contributed by atoms with Crippen LogP contribution in [0.1, 0.15) is 103 Å². The quantitative estimate of drug-likeness (QED) is 0.265. The number of hydrogen-bond donors (Lipinski definition) is 1. The standard InChI is InChI=1S/C35H52N4O8/c1-9-29(40)36-15-17-38-27-19-26(24(8)18-28(27)47-35(33(38)43)13-11-14-35)30(41)39(23(6)7)25-12-10-16-37(20-25)34(44)46-32(22(4)5)45-31(42)21(2)3/h18-19,21-23,25,32H,9-17,20H2,1-8H3,(H,36,40)/t25-,32?/m1/s1. The predicted molar refractivity (Wildman–Crippen MR) is 176 cm³/mol. The Labute approximate surface area is 278 Å². The van der Waals surface area contributed by atoms with Gasteiger partial charge in [-0.15, -0.1) is 0 Å².